The molecule has 2 heteroatoms. The molecular formula is C18H30O2. The summed E-state index contributed by atoms with van der Waals surface area (Å²) in [7, 11) is 1.74. The van der Waals surface area contributed by atoms with Crippen LogP contribution in [0.25, 0.3) is 0 Å². The van der Waals surface area contributed by atoms with Gasteiger partial charge in [0.05, 0.1) is 6.10 Å². The molecule has 1 rings (SSSR count). The van der Waals surface area contributed by atoms with Gasteiger partial charge in [-0.05, 0) is 24.3 Å². The number of hydrogen-bond donors (Lipinski definition) is 0. The molecule has 20 heavy (non-hydrogen) atoms. The van der Waals surface area contributed by atoms with Crippen LogP contribution in [0.3, 0.4) is 0 Å². The molecule has 1 aromatic rings. The summed E-state index contributed by atoms with van der Waals surface area (Å²) in [6.45, 7) is 6.07. The Morgan fingerprint density at radius 2 is 1.75 bits per heavy atom. The standard InChI is InChI=1S/C18H30O2/c1-4-6-11-16(5-2)18(20-15-10-14-19-3)17-12-8-7-9-13-17/h7-9,12-13,16,18H,4-6,10-11,14-15H2,1-3H3/t16-,18+/m0/s1. The van der Waals surface area contributed by atoms with Crippen LogP contribution in [0, 0.1) is 5.92 Å². The van der Waals surface area contributed by atoms with E-state index in [1.165, 1.54) is 31.2 Å². The van der Waals surface area contributed by atoms with Gasteiger partial charge in [-0.25, -0.2) is 0 Å². The summed E-state index contributed by atoms with van der Waals surface area (Å²) < 4.78 is 11.3. The molecule has 0 heterocycles. The number of hydrogen-bond acceptors (Lipinski definition) is 2. The molecule has 114 valence electrons. The molecule has 0 radical (unpaired) electrons. The second-order valence-corrected chi connectivity index (χ2v) is 5.36. The van der Waals surface area contributed by atoms with Gasteiger partial charge in [-0.15, -0.1) is 0 Å². The topological polar surface area (TPSA) is 18.5 Å². The van der Waals surface area contributed by atoms with Crippen molar-refractivity contribution < 1.29 is 9.47 Å². The van der Waals surface area contributed by atoms with Crippen molar-refractivity contribution in [2.75, 3.05) is 20.3 Å². The summed E-state index contributed by atoms with van der Waals surface area (Å²) in [6.07, 6.45) is 6.14. The van der Waals surface area contributed by atoms with E-state index < -0.39 is 0 Å². The van der Waals surface area contributed by atoms with Gasteiger partial charge in [-0.2, -0.15) is 0 Å². The first-order chi connectivity index (χ1) is 9.83. The van der Waals surface area contributed by atoms with E-state index in [0.29, 0.717) is 5.92 Å². The molecule has 0 saturated heterocycles. The molecule has 0 bridgehead atoms. The van der Waals surface area contributed by atoms with E-state index in [1.54, 1.807) is 7.11 Å². The predicted octanol–water partition coefficient (Wildman–Crippen LogP) is 5.00. The minimum atomic E-state index is 0.226. The van der Waals surface area contributed by atoms with E-state index >= 15 is 0 Å². The highest BCUT2D eigenvalue weighted by atomic mass is 16.5. The highest BCUT2D eigenvalue weighted by molar-refractivity contribution is 5.18. The third-order valence-electron chi connectivity index (χ3n) is 3.80. The maximum absolute atomic E-state index is 6.20. The maximum Gasteiger partial charge on any atom is 0.0852 e. The largest absolute Gasteiger partial charge is 0.385 e. The SMILES string of the molecule is CCCC[C@H](CC)[C@@H](OCCCOC)c1ccccc1. The number of methoxy groups -OCH3 is 1. The van der Waals surface area contributed by atoms with Gasteiger partial charge in [-0.3, -0.25) is 0 Å². The van der Waals surface area contributed by atoms with Crippen LogP contribution in [0.1, 0.15) is 57.6 Å². The average molecular weight is 278 g/mol. The summed E-state index contributed by atoms with van der Waals surface area (Å²) in [5.74, 6) is 0.611. The quantitative estimate of drug-likeness (QED) is 0.530. The Bertz CT molecular complexity index is 323. The third-order valence-corrected chi connectivity index (χ3v) is 3.80. The Hall–Kier alpha value is -0.860. The van der Waals surface area contributed by atoms with Crippen LogP contribution >= 0.6 is 0 Å². The molecule has 0 N–H and O–H groups in total. The Morgan fingerprint density at radius 1 is 1.00 bits per heavy atom. The molecule has 0 aromatic heterocycles. The zero-order valence-electron chi connectivity index (χ0n) is 13.3. The molecule has 1 aromatic carbocycles. The molecule has 0 spiro atoms. The zero-order chi connectivity index (χ0) is 14.6. The second kappa shape index (κ2) is 10.9. The molecule has 0 amide bonds. The lowest BCUT2D eigenvalue weighted by molar-refractivity contribution is -0.00270. The van der Waals surface area contributed by atoms with Crippen LogP contribution < -0.4 is 0 Å². The van der Waals surface area contributed by atoms with Gasteiger partial charge in [-0.1, -0.05) is 63.4 Å². The number of rotatable bonds is 11. The first-order valence-corrected chi connectivity index (χ1v) is 7.98. The van der Waals surface area contributed by atoms with Gasteiger partial charge in [0.2, 0.25) is 0 Å². The minimum absolute atomic E-state index is 0.226. The fourth-order valence-electron chi connectivity index (χ4n) is 2.60. The van der Waals surface area contributed by atoms with Crippen molar-refractivity contribution in [2.45, 2.75) is 52.1 Å². The Morgan fingerprint density at radius 3 is 2.35 bits per heavy atom. The molecule has 0 fully saturated rings. The van der Waals surface area contributed by atoms with Gasteiger partial charge in [0, 0.05) is 20.3 Å². The smallest absolute Gasteiger partial charge is 0.0852 e. The number of benzene rings is 1. The summed E-state index contributed by atoms with van der Waals surface area (Å²) in [5.41, 5.74) is 1.31. The summed E-state index contributed by atoms with van der Waals surface area (Å²) in [4.78, 5) is 0. The van der Waals surface area contributed by atoms with E-state index in [0.717, 1.165) is 19.6 Å². The van der Waals surface area contributed by atoms with Crippen molar-refractivity contribution in [1.82, 2.24) is 0 Å². The van der Waals surface area contributed by atoms with E-state index in [9.17, 15) is 0 Å². The van der Waals surface area contributed by atoms with Crippen molar-refractivity contribution in [2.24, 2.45) is 5.92 Å². The zero-order valence-corrected chi connectivity index (χ0v) is 13.3. The van der Waals surface area contributed by atoms with E-state index in [1.807, 2.05) is 0 Å². The van der Waals surface area contributed by atoms with E-state index in [2.05, 4.69) is 44.2 Å². The molecule has 0 saturated carbocycles. The fourth-order valence-corrected chi connectivity index (χ4v) is 2.60. The van der Waals surface area contributed by atoms with Gasteiger partial charge < -0.3 is 9.47 Å². The highest BCUT2D eigenvalue weighted by Crippen LogP contribution is 2.32. The van der Waals surface area contributed by atoms with Gasteiger partial charge in [0.25, 0.3) is 0 Å². The van der Waals surface area contributed by atoms with Crippen LogP contribution in [0.15, 0.2) is 30.3 Å². The van der Waals surface area contributed by atoms with Crippen molar-refractivity contribution in [1.29, 1.82) is 0 Å². The van der Waals surface area contributed by atoms with Crippen LogP contribution in [-0.4, -0.2) is 20.3 Å². The number of ether oxygens (including phenoxy) is 2. The minimum Gasteiger partial charge on any atom is -0.385 e. The molecular weight excluding hydrogens is 248 g/mol. The third kappa shape index (κ3) is 6.06. The summed E-state index contributed by atoms with van der Waals surface area (Å²) >= 11 is 0. The van der Waals surface area contributed by atoms with Crippen molar-refractivity contribution in [3.63, 3.8) is 0 Å². The normalized spacial score (nSPS) is 14.2. The highest BCUT2D eigenvalue weighted by Gasteiger charge is 2.21. The Labute approximate surface area is 124 Å². The van der Waals surface area contributed by atoms with Crippen LogP contribution in [0.4, 0.5) is 0 Å². The van der Waals surface area contributed by atoms with Crippen LogP contribution in [0.2, 0.25) is 0 Å². The molecule has 0 aliphatic heterocycles. The van der Waals surface area contributed by atoms with Crippen molar-refractivity contribution in [3.8, 4) is 0 Å². The fraction of sp³-hybridized carbons (Fsp3) is 0.667. The first-order valence-electron chi connectivity index (χ1n) is 7.98. The molecule has 2 nitrogen and oxygen atoms in total. The van der Waals surface area contributed by atoms with Crippen LogP contribution in [0.5, 0.6) is 0 Å². The van der Waals surface area contributed by atoms with Gasteiger partial charge >= 0.3 is 0 Å². The second-order valence-electron chi connectivity index (χ2n) is 5.36. The Balaban J connectivity index is 2.66. The van der Waals surface area contributed by atoms with Crippen molar-refractivity contribution in [3.05, 3.63) is 35.9 Å². The average Bonchev–Trinajstić information content (AvgIpc) is 2.50. The van der Waals surface area contributed by atoms with Gasteiger partial charge in [0.15, 0.2) is 0 Å². The summed E-state index contributed by atoms with van der Waals surface area (Å²) in [5, 5.41) is 0. The monoisotopic (exact) mass is 278 g/mol. The maximum atomic E-state index is 6.20. The lowest BCUT2D eigenvalue weighted by Crippen LogP contribution is -2.17. The molecule has 0 unspecified atom stereocenters. The van der Waals surface area contributed by atoms with Crippen LogP contribution in [-0.2, 0) is 9.47 Å². The Kier molecular flexibility index (Phi) is 9.35. The number of unbranched alkanes of at least 4 members (excludes halogenated alkanes) is 1. The van der Waals surface area contributed by atoms with E-state index in [4.69, 9.17) is 9.47 Å². The lowest BCUT2D eigenvalue weighted by Gasteiger charge is -2.27. The predicted molar refractivity (Wildman–Crippen MR) is 84.9 cm³/mol. The van der Waals surface area contributed by atoms with Crippen molar-refractivity contribution >= 4 is 0 Å². The molecule has 0 aliphatic rings. The van der Waals surface area contributed by atoms with E-state index in [-0.39, 0.29) is 6.10 Å². The molecule has 0 aliphatic carbocycles. The lowest BCUT2D eigenvalue weighted by atomic mass is 9.89. The first kappa shape index (κ1) is 17.2. The summed E-state index contributed by atoms with van der Waals surface area (Å²) in [6, 6.07) is 10.7. The van der Waals surface area contributed by atoms with Gasteiger partial charge in [0.1, 0.15) is 0 Å². The molecule has 2 atom stereocenters.